The summed E-state index contributed by atoms with van der Waals surface area (Å²) < 4.78 is 25.5. The van der Waals surface area contributed by atoms with E-state index in [9.17, 15) is 13.2 Å². The second kappa shape index (κ2) is 7.46. The number of benzene rings is 1. The predicted molar refractivity (Wildman–Crippen MR) is 95.0 cm³/mol. The minimum Gasteiger partial charge on any atom is -0.351 e. The van der Waals surface area contributed by atoms with Crippen LogP contribution in [-0.4, -0.2) is 49.5 Å². The Morgan fingerprint density at radius 3 is 2.78 bits per heavy atom. The Bertz CT molecular complexity index is 801. The number of nitrogens with one attached hydrogen (secondary N) is 2. The summed E-state index contributed by atoms with van der Waals surface area (Å²) in [5.74, 6) is -0.112. The second-order valence-electron chi connectivity index (χ2n) is 5.25. The van der Waals surface area contributed by atoms with Gasteiger partial charge in [0.25, 0.3) is 5.91 Å². The molecule has 2 N–H and O–H groups in total. The molecule has 1 aromatic heterocycles. The number of rotatable bonds is 7. The van der Waals surface area contributed by atoms with Crippen molar-refractivity contribution in [2.24, 2.45) is 0 Å². The van der Waals surface area contributed by atoms with Crippen molar-refractivity contribution >= 4 is 42.8 Å². The molecule has 0 aliphatic heterocycles. The number of fused-ring (bicyclic) bond motifs is 1. The van der Waals surface area contributed by atoms with Crippen LogP contribution in [0, 0.1) is 0 Å². The van der Waals surface area contributed by atoms with Gasteiger partial charge in [0.05, 0.1) is 5.75 Å². The van der Waals surface area contributed by atoms with E-state index in [1.807, 2.05) is 18.2 Å². The van der Waals surface area contributed by atoms with Gasteiger partial charge in [0.15, 0.2) is 0 Å². The molecular weight excluding hydrogens is 382 g/mol. The monoisotopic (exact) mass is 401 g/mol. The molecule has 0 aliphatic rings. The van der Waals surface area contributed by atoms with Gasteiger partial charge in [-0.1, -0.05) is 22.0 Å². The summed E-state index contributed by atoms with van der Waals surface area (Å²) in [4.78, 5) is 15.2. The van der Waals surface area contributed by atoms with Gasteiger partial charge < -0.3 is 10.3 Å². The van der Waals surface area contributed by atoms with Crippen LogP contribution in [0.15, 0.2) is 28.7 Å². The number of amides is 1. The van der Waals surface area contributed by atoms with E-state index >= 15 is 0 Å². The highest BCUT2D eigenvalue weighted by Gasteiger charge is 2.14. The molecule has 1 aromatic carbocycles. The highest BCUT2D eigenvalue weighted by molar-refractivity contribution is 9.10. The Hall–Kier alpha value is -1.38. The van der Waals surface area contributed by atoms with Crippen molar-refractivity contribution in [1.29, 1.82) is 0 Å². The number of nitrogens with zero attached hydrogens (tertiary/aromatic N) is 1. The van der Waals surface area contributed by atoms with Gasteiger partial charge in [-0.25, -0.2) is 12.7 Å². The minimum absolute atomic E-state index is 0.0838. The molecule has 6 nitrogen and oxygen atoms in total. The molecule has 0 fully saturated rings. The number of carbonyl (C=O) groups is 1. The van der Waals surface area contributed by atoms with Gasteiger partial charge in [-0.15, -0.1) is 0 Å². The Morgan fingerprint density at radius 1 is 1.35 bits per heavy atom. The molecule has 126 valence electrons. The highest BCUT2D eigenvalue weighted by atomic mass is 79.9. The van der Waals surface area contributed by atoms with Crippen molar-refractivity contribution in [3.05, 3.63) is 34.4 Å². The lowest BCUT2D eigenvalue weighted by atomic mass is 10.2. The van der Waals surface area contributed by atoms with Crippen LogP contribution in [0.4, 0.5) is 0 Å². The van der Waals surface area contributed by atoms with Crippen LogP contribution < -0.4 is 5.32 Å². The molecule has 0 bridgehead atoms. The number of carbonyl (C=O) groups excluding carboxylic acids is 1. The molecule has 0 saturated carbocycles. The van der Waals surface area contributed by atoms with Gasteiger partial charge >= 0.3 is 0 Å². The smallest absolute Gasteiger partial charge is 0.267 e. The lowest BCUT2D eigenvalue weighted by Crippen LogP contribution is -2.32. The minimum atomic E-state index is -3.16. The summed E-state index contributed by atoms with van der Waals surface area (Å²) in [7, 11) is -1.61. The van der Waals surface area contributed by atoms with Crippen molar-refractivity contribution in [2.75, 3.05) is 25.9 Å². The Kier molecular flexibility index (Phi) is 5.83. The molecule has 0 aliphatic carbocycles. The number of aromatic amines is 1. The van der Waals surface area contributed by atoms with Crippen LogP contribution in [-0.2, 0) is 10.0 Å². The third-order valence-electron chi connectivity index (χ3n) is 3.60. The first kappa shape index (κ1) is 18.0. The fraction of sp³-hybridized carbons (Fsp3) is 0.400. The van der Waals surface area contributed by atoms with Crippen molar-refractivity contribution in [3.63, 3.8) is 0 Å². The number of hydrogen-bond acceptors (Lipinski definition) is 3. The highest BCUT2D eigenvalue weighted by Crippen LogP contribution is 2.20. The van der Waals surface area contributed by atoms with Gasteiger partial charge in [-0.3, -0.25) is 4.79 Å². The zero-order valence-corrected chi connectivity index (χ0v) is 15.5. The summed E-state index contributed by atoms with van der Waals surface area (Å²) in [6.45, 7) is 2.42. The third-order valence-corrected chi connectivity index (χ3v) is 5.96. The van der Waals surface area contributed by atoms with Crippen LogP contribution >= 0.6 is 15.9 Å². The van der Waals surface area contributed by atoms with Crippen molar-refractivity contribution in [2.45, 2.75) is 13.3 Å². The molecule has 2 aromatic rings. The quantitative estimate of drug-likeness (QED) is 0.698. The predicted octanol–water partition coefficient (Wildman–Crippen LogP) is 2.33. The number of aromatic nitrogens is 1. The van der Waals surface area contributed by atoms with Crippen LogP contribution in [0.25, 0.3) is 10.9 Å². The van der Waals surface area contributed by atoms with E-state index in [1.54, 1.807) is 20.0 Å². The van der Waals surface area contributed by atoms with E-state index in [2.05, 4.69) is 26.2 Å². The molecule has 23 heavy (non-hydrogen) atoms. The molecule has 1 heterocycles. The van der Waals surface area contributed by atoms with Crippen LogP contribution in [0.3, 0.4) is 0 Å². The average molecular weight is 402 g/mol. The molecular formula is C15H20BrN3O3S. The fourth-order valence-corrected chi connectivity index (χ4v) is 3.39. The Morgan fingerprint density at radius 2 is 2.09 bits per heavy atom. The SMILES string of the molecule is CCS(=O)(=O)N(C)CCCNC(=O)c1cc2ccc(Br)cc2[nH]1. The number of halogens is 1. The summed E-state index contributed by atoms with van der Waals surface area (Å²) in [6, 6.07) is 7.56. The van der Waals surface area contributed by atoms with E-state index in [1.165, 1.54) is 4.31 Å². The Labute approximate surface area is 144 Å². The lowest BCUT2D eigenvalue weighted by Gasteiger charge is -2.15. The van der Waals surface area contributed by atoms with Gasteiger partial charge in [0, 0.05) is 35.5 Å². The molecule has 0 saturated heterocycles. The summed E-state index contributed by atoms with van der Waals surface area (Å²) >= 11 is 3.39. The van der Waals surface area contributed by atoms with Crippen LogP contribution in [0.2, 0.25) is 0 Å². The van der Waals surface area contributed by atoms with E-state index in [4.69, 9.17) is 0 Å². The molecule has 0 unspecified atom stereocenters. The van der Waals surface area contributed by atoms with Gasteiger partial charge in [0.2, 0.25) is 10.0 Å². The van der Waals surface area contributed by atoms with Crippen molar-refractivity contribution < 1.29 is 13.2 Å². The fourth-order valence-electron chi connectivity index (χ4n) is 2.18. The normalized spacial score (nSPS) is 12.0. The first-order valence-electron chi connectivity index (χ1n) is 7.34. The molecule has 2 rings (SSSR count). The van der Waals surface area contributed by atoms with E-state index in [0.29, 0.717) is 25.2 Å². The lowest BCUT2D eigenvalue weighted by molar-refractivity contribution is 0.0948. The first-order valence-corrected chi connectivity index (χ1v) is 9.74. The van der Waals surface area contributed by atoms with Crippen molar-refractivity contribution in [1.82, 2.24) is 14.6 Å². The number of hydrogen-bond donors (Lipinski definition) is 2. The molecule has 8 heteroatoms. The van der Waals surface area contributed by atoms with Gasteiger partial charge in [-0.2, -0.15) is 0 Å². The largest absolute Gasteiger partial charge is 0.351 e. The summed E-state index contributed by atoms with van der Waals surface area (Å²) in [6.07, 6.45) is 0.563. The maximum atomic E-state index is 12.1. The van der Waals surface area contributed by atoms with Crippen molar-refractivity contribution in [3.8, 4) is 0 Å². The van der Waals surface area contributed by atoms with Crippen LogP contribution in [0.1, 0.15) is 23.8 Å². The topological polar surface area (TPSA) is 82.3 Å². The standard InChI is InChI=1S/C15H20BrN3O3S/c1-3-23(21,22)19(2)8-4-7-17-15(20)14-9-11-5-6-12(16)10-13(11)18-14/h5-6,9-10,18H,3-4,7-8H2,1-2H3,(H,17,20). The maximum absolute atomic E-state index is 12.1. The number of H-pyrrole nitrogens is 1. The average Bonchev–Trinajstić information content (AvgIpc) is 2.94. The van der Waals surface area contributed by atoms with E-state index in [0.717, 1.165) is 15.4 Å². The third kappa shape index (κ3) is 4.55. The zero-order chi connectivity index (χ0) is 17.0. The summed E-state index contributed by atoms with van der Waals surface area (Å²) in [5, 5.41) is 3.76. The second-order valence-corrected chi connectivity index (χ2v) is 8.53. The van der Waals surface area contributed by atoms with Gasteiger partial charge in [0.1, 0.15) is 5.69 Å². The molecule has 0 spiro atoms. The zero-order valence-electron chi connectivity index (χ0n) is 13.1. The summed E-state index contributed by atoms with van der Waals surface area (Å²) in [5.41, 5.74) is 1.38. The van der Waals surface area contributed by atoms with E-state index in [-0.39, 0.29) is 11.7 Å². The maximum Gasteiger partial charge on any atom is 0.267 e. The van der Waals surface area contributed by atoms with E-state index < -0.39 is 10.0 Å². The molecule has 1 amide bonds. The molecule has 0 atom stereocenters. The van der Waals surface area contributed by atoms with Gasteiger partial charge in [-0.05, 0) is 31.5 Å². The Balaban J connectivity index is 1.87. The van der Waals surface area contributed by atoms with Crippen LogP contribution in [0.5, 0.6) is 0 Å². The number of sulfonamides is 1. The first-order chi connectivity index (χ1) is 10.8. The molecule has 0 radical (unpaired) electrons.